The molecule has 0 aliphatic carbocycles. The minimum absolute atomic E-state index is 0.0870. The van der Waals surface area contributed by atoms with Crippen molar-refractivity contribution < 1.29 is 9.84 Å². The third-order valence-corrected chi connectivity index (χ3v) is 3.70. The summed E-state index contributed by atoms with van der Waals surface area (Å²) >= 11 is 0. The van der Waals surface area contributed by atoms with Gasteiger partial charge in [-0.2, -0.15) is 0 Å². The van der Waals surface area contributed by atoms with Crippen molar-refractivity contribution in [1.29, 1.82) is 0 Å². The highest BCUT2D eigenvalue weighted by Crippen LogP contribution is 2.32. The molecule has 0 fully saturated rings. The summed E-state index contributed by atoms with van der Waals surface area (Å²) in [6, 6.07) is 13.8. The van der Waals surface area contributed by atoms with E-state index in [4.69, 9.17) is 4.74 Å². The number of aryl methyl sites for hydroxylation is 1. The van der Waals surface area contributed by atoms with E-state index in [2.05, 4.69) is 11.8 Å². The molecule has 0 bridgehead atoms. The number of ether oxygens (including phenoxy) is 1. The summed E-state index contributed by atoms with van der Waals surface area (Å²) in [6.45, 7) is 4.05. The van der Waals surface area contributed by atoms with E-state index in [-0.39, 0.29) is 6.04 Å². The fraction of sp³-hybridized carbons (Fsp3) is 0.294. The largest absolute Gasteiger partial charge is 0.508 e. The van der Waals surface area contributed by atoms with Crippen molar-refractivity contribution in [1.82, 2.24) is 0 Å². The van der Waals surface area contributed by atoms with Crippen LogP contribution in [0.2, 0.25) is 0 Å². The lowest BCUT2D eigenvalue weighted by atomic mass is 10.0. The first-order valence-electron chi connectivity index (χ1n) is 6.69. The molecule has 1 N–H and O–H groups in total. The van der Waals surface area contributed by atoms with Crippen LogP contribution in [0.3, 0.4) is 0 Å². The number of benzene rings is 2. The molecule has 0 aliphatic rings. The predicted octanol–water partition coefficient (Wildman–Crippen LogP) is 3.91. The van der Waals surface area contributed by atoms with Crippen LogP contribution in [0.1, 0.15) is 24.1 Å². The molecule has 0 saturated carbocycles. The van der Waals surface area contributed by atoms with Crippen LogP contribution in [0.15, 0.2) is 42.5 Å². The summed E-state index contributed by atoms with van der Waals surface area (Å²) in [5.41, 5.74) is 3.07. The monoisotopic (exact) mass is 271 g/mol. The second-order valence-corrected chi connectivity index (χ2v) is 5.05. The summed E-state index contributed by atoms with van der Waals surface area (Å²) in [5, 5.41) is 10.1. The molecule has 2 rings (SSSR count). The van der Waals surface area contributed by atoms with E-state index in [0.717, 1.165) is 22.6 Å². The van der Waals surface area contributed by atoms with Crippen LogP contribution in [0.4, 0.5) is 5.69 Å². The Labute approximate surface area is 120 Å². The normalized spacial score (nSPS) is 12.0. The number of methoxy groups -OCH3 is 1. The number of hydrogen-bond acceptors (Lipinski definition) is 3. The highest BCUT2D eigenvalue weighted by molar-refractivity contribution is 5.52. The zero-order chi connectivity index (χ0) is 14.7. The van der Waals surface area contributed by atoms with E-state index < -0.39 is 0 Å². The Bertz CT molecular complexity index is 578. The van der Waals surface area contributed by atoms with Gasteiger partial charge in [-0.05, 0) is 49.7 Å². The molecule has 1 atom stereocenters. The third kappa shape index (κ3) is 2.87. The maximum Gasteiger partial charge on any atom is 0.121 e. The van der Waals surface area contributed by atoms with Gasteiger partial charge in [0.05, 0.1) is 13.2 Å². The van der Waals surface area contributed by atoms with E-state index in [9.17, 15) is 5.11 Å². The number of rotatable bonds is 4. The zero-order valence-electron chi connectivity index (χ0n) is 12.4. The molecule has 0 saturated heterocycles. The van der Waals surface area contributed by atoms with Gasteiger partial charge in [0.2, 0.25) is 0 Å². The molecule has 3 nitrogen and oxygen atoms in total. The first-order valence-corrected chi connectivity index (χ1v) is 6.69. The number of anilines is 1. The minimum Gasteiger partial charge on any atom is -0.508 e. The first-order chi connectivity index (χ1) is 9.52. The molecule has 0 aromatic heterocycles. The Morgan fingerprint density at radius 2 is 1.75 bits per heavy atom. The van der Waals surface area contributed by atoms with Gasteiger partial charge in [0.15, 0.2) is 0 Å². The van der Waals surface area contributed by atoms with E-state index in [0.29, 0.717) is 5.75 Å². The van der Waals surface area contributed by atoms with Crippen LogP contribution >= 0.6 is 0 Å². The number of phenols is 1. The van der Waals surface area contributed by atoms with Crippen molar-refractivity contribution in [3.8, 4) is 11.5 Å². The van der Waals surface area contributed by atoms with Crippen LogP contribution in [0.25, 0.3) is 0 Å². The van der Waals surface area contributed by atoms with Crippen molar-refractivity contribution in [3.05, 3.63) is 53.6 Å². The smallest absolute Gasteiger partial charge is 0.121 e. The standard InChI is InChI=1S/C17H21NO2/c1-12-5-10-16(17(19)11-12)13(2)18(3)14-6-8-15(20-4)9-7-14/h5-11,13,19H,1-4H3. The molecule has 2 aromatic rings. The molecular formula is C17H21NO2. The highest BCUT2D eigenvalue weighted by atomic mass is 16.5. The van der Waals surface area contributed by atoms with Gasteiger partial charge < -0.3 is 14.7 Å². The number of aromatic hydroxyl groups is 1. The molecule has 1 unspecified atom stereocenters. The number of phenolic OH excluding ortho intramolecular Hbond substituents is 1. The Hall–Kier alpha value is -2.16. The molecule has 0 heterocycles. The molecule has 0 radical (unpaired) electrons. The second-order valence-electron chi connectivity index (χ2n) is 5.05. The van der Waals surface area contributed by atoms with Crippen molar-refractivity contribution in [2.45, 2.75) is 19.9 Å². The predicted molar refractivity (Wildman–Crippen MR) is 82.7 cm³/mol. The zero-order valence-corrected chi connectivity index (χ0v) is 12.4. The van der Waals surface area contributed by atoms with E-state index in [1.807, 2.05) is 50.4 Å². The van der Waals surface area contributed by atoms with E-state index in [1.54, 1.807) is 13.2 Å². The highest BCUT2D eigenvalue weighted by Gasteiger charge is 2.15. The number of nitrogens with zero attached hydrogens (tertiary/aromatic N) is 1. The van der Waals surface area contributed by atoms with Crippen LogP contribution in [0.5, 0.6) is 11.5 Å². The second kappa shape index (κ2) is 5.87. The maximum absolute atomic E-state index is 10.1. The molecule has 3 heteroatoms. The average Bonchev–Trinajstić information content (AvgIpc) is 2.46. The summed E-state index contributed by atoms with van der Waals surface area (Å²) in [6.07, 6.45) is 0. The Kier molecular flexibility index (Phi) is 4.18. The van der Waals surface area contributed by atoms with Crippen molar-refractivity contribution in [2.75, 3.05) is 19.1 Å². The van der Waals surface area contributed by atoms with Gasteiger partial charge in [0.1, 0.15) is 11.5 Å². The quantitative estimate of drug-likeness (QED) is 0.915. The Balaban J connectivity index is 2.24. The molecule has 0 spiro atoms. The van der Waals surface area contributed by atoms with Crippen LogP contribution < -0.4 is 9.64 Å². The topological polar surface area (TPSA) is 32.7 Å². The lowest BCUT2D eigenvalue weighted by molar-refractivity contribution is 0.415. The lowest BCUT2D eigenvalue weighted by Gasteiger charge is -2.28. The summed E-state index contributed by atoms with van der Waals surface area (Å²) in [5.74, 6) is 1.19. The fourth-order valence-electron chi connectivity index (χ4n) is 2.26. The SMILES string of the molecule is COc1ccc(N(C)C(C)c2ccc(C)cc2O)cc1. The molecular weight excluding hydrogens is 250 g/mol. The fourth-order valence-corrected chi connectivity index (χ4v) is 2.26. The lowest BCUT2D eigenvalue weighted by Crippen LogP contribution is -2.21. The van der Waals surface area contributed by atoms with Gasteiger partial charge in [0.25, 0.3) is 0 Å². The van der Waals surface area contributed by atoms with Gasteiger partial charge in [0, 0.05) is 18.3 Å². The Morgan fingerprint density at radius 1 is 1.10 bits per heavy atom. The third-order valence-electron chi connectivity index (χ3n) is 3.70. The van der Waals surface area contributed by atoms with Crippen molar-refractivity contribution in [3.63, 3.8) is 0 Å². The van der Waals surface area contributed by atoms with Gasteiger partial charge >= 0.3 is 0 Å². The van der Waals surface area contributed by atoms with E-state index >= 15 is 0 Å². The Morgan fingerprint density at radius 3 is 2.30 bits per heavy atom. The summed E-state index contributed by atoms with van der Waals surface area (Å²) in [4.78, 5) is 2.13. The van der Waals surface area contributed by atoms with Crippen LogP contribution in [-0.2, 0) is 0 Å². The van der Waals surface area contributed by atoms with Crippen molar-refractivity contribution >= 4 is 5.69 Å². The average molecular weight is 271 g/mol. The summed E-state index contributed by atoms with van der Waals surface area (Å²) < 4.78 is 5.17. The minimum atomic E-state index is 0.0870. The van der Waals surface area contributed by atoms with Crippen molar-refractivity contribution in [2.24, 2.45) is 0 Å². The molecule has 2 aromatic carbocycles. The molecule has 0 aliphatic heterocycles. The first kappa shape index (κ1) is 14.3. The van der Waals surface area contributed by atoms with Gasteiger partial charge in [-0.25, -0.2) is 0 Å². The summed E-state index contributed by atoms with van der Waals surface area (Å²) in [7, 11) is 3.68. The van der Waals surface area contributed by atoms with E-state index in [1.165, 1.54) is 0 Å². The van der Waals surface area contributed by atoms with Gasteiger partial charge in [-0.1, -0.05) is 12.1 Å². The number of hydrogen-bond donors (Lipinski definition) is 1. The van der Waals surface area contributed by atoms with Gasteiger partial charge in [-0.15, -0.1) is 0 Å². The van der Waals surface area contributed by atoms with Crippen LogP contribution in [0, 0.1) is 6.92 Å². The maximum atomic E-state index is 10.1. The molecule has 0 amide bonds. The molecule has 20 heavy (non-hydrogen) atoms. The molecule has 106 valence electrons. The van der Waals surface area contributed by atoms with Gasteiger partial charge in [-0.3, -0.25) is 0 Å². The van der Waals surface area contributed by atoms with Crippen LogP contribution in [-0.4, -0.2) is 19.3 Å².